The first-order valence-corrected chi connectivity index (χ1v) is 6.26. The normalized spacial score (nSPS) is 10.8. The summed E-state index contributed by atoms with van der Waals surface area (Å²) in [4.78, 5) is 10.1. The standard InChI is InChI=1S/C10H13IN4O2/c1-3-14(4-2)13-12-10-6-5-8(15(16)17)7-9(10)11/h5-7H,3-4H2,1-2H3. The van der Waals surface area contributed by atoms with Crippen molar-refractivity contribution in [2.45, 2.75) is 13.8 Å². The lowest BCUT2D eigenvalue weighted by atomic mass is 10.3. The van der Waals surface area contributed by atoms with E-state index in [-0.39, 0.29) is 5.69 Å². The first-order chi connectivity index (χ1) is 8.08. The van der Waals surface area contributed by atoms with Gasteiger partial charge in [-0.3, -0.25) is 15.1 Å². The van der Waals surface area contributed by atoms with Crippen molar-refractivity contribution in [3.05, 3.63) is 31.9 Å². The average Bonchev–Trinajstić information content (AvgIpc) is 2.31. The lowest BCUT2D eigenvalue weighted by molar-refractivity contribution is -0.384. The Kier molecular flexibility index (Phi) is 5.26. The van der Waals surface area contributed by atoms with Crippen molar-refractivity contribution in [2.24, 2.45) is 10.3 Å². The lowest BCUT2D eigenvalue weighted by Gasteiger charge is -2.11. The van der Waals surface area contributed by atoms with Crippen LogP contribution in [0.2, 0.25) is 0 Å². The fraction of sp³-hybridized carbons (Fsp3) is 0.400. The molecule has 0 spiro atoms. The van der Waals surface area contributed by atoms with Crippen LogP contribution in [0, 0.1) is 13.7 Å². The fourth-order valence-corrected chi connectivity index (χ4v) is 1.76. The first kappa shape index (κ1) is 13.8. The summed E-state index contributed by atoms with van der Waals surface area (Å²) >= 11 is 2.01. The van der Waals surface area contributed by atoms with Gasteiger partial charge in [-0.15, -0.1) is 5.11 Å². The van der Waals surface area contributed by atoms with Gasteiger partial charge in [-0.1, -0.05) is 5.22 Å². The highest BCUT2D eigenvalue weighted by molar-refractivity contribution is 14.1. The summed E-state index contributed by atoms with van der Waals surface area (Å²) in [5.41, 5.74) is 0.708. The number of nitro benzene ring substituents is 1. The molecule has 0 bridgehead atoms. The lowest BCUT2D eigenvalue weighted by Crippen LogP contribution is -2.14. The van der Waals surface area contributed by atoms with Crippen LogP contribution in [0.15, 0.2) is 28.5 Å². The van der Waals surface area contributed by atoms with E-state index in [0.717, 1.165) is 13.1 Å². The van der Waals surface area contributed by atoms with E-state index >= 15 is 0 Å². The number of hydrogen-bond donors (Lipinski definition) is 0. The number of nitrogens with zero attached hydrogens (tertiary/aromatic N) is 4. The number of benzene rings is 1. The fourth-order valence-electron chi connectivity index (χ4n) is 1.15. The van der Waals surface area contributed by atoms with Gasteiger partial charge in [0.15, 0.2) is 0 Å². The maximum absolute atomic E-state index is 10.6. The Labute approximate surface area is 113 Å². The Morgan fingerprint density at radius 3 is 2.53 bits per heavy atom. The summed E-state index contributed by atoms with van der Waals surface area (Å²) in [6.45, 7) is 5.54. The highest BCUT2D eigenvalue weighted by Gasteiger charge is 2.08. The van der Waals surface area contributed by atoms with E-state index in [4.69, 9.17) is 0 Å². The zero-order valence-electron chi connectivity index (χ0n) is 9.63. The third-order valence-corrected chi connectivity index (χ3v) is 3.02. The van der Waals surface area contributed by atoms with Crippen molar-refractivity contribution in [2.75, 3.05) is 13.1 Å². The minimum Gasteiger partial charge on any atom is -0.279 e. The summed E-state index contributed by atoms with van der Waals surface area (Å²) in [7, 11) is 0. The van der Waals surface area contributed by atoms with Crippen LogP contribution >= 0.6 is 22.6 Å². The molecule has 6 nitrogen and oxygen atoms in total. The SMILES string of the molecule is CCN(CC)N=Nc1ccc([N+](=O)[O-])cc1I. The van der Waals surface area contributed by atoms with E-state index < -0.39 is 4.92 Å². The minimum absolute atomic E-state index is 0.0659. The zero-order valence-corrected chi connectivity index (χ0v) is 11.8. The topological polar surface area (TPSA) is 71.1 Å². The van der Waals surface area contributed by atoms with Gasteiger partial charge in [0, 0.05) is 28.8 Å². The molecule has 7 heteroatoms. The number of nitro groups is 1. The molecule has 0 aliphatic heterocycles. The molecular weight excluding hydrogens is 335 g/mol. The third kappa shape index (κ3) is 3.91. The molecule has 0 N–H and O–H groups in total. The highest BCUT2D eigenvalue weighted by Crippen LogP contribution is 2.26. The number of non-ortho nitro benzene ring substituents is 1. The Morgan fingerprint density at radius 2 is 2.06 bits per heavy atom. The van der Waals surface area contributed by atoms with Crippen LogP contribution in [-0.2, 0) is 0 Å². The predicted octanol–water partition coefficient (Wildman–Crippen LogP) is 3.54. The molecule has 92 valence electrons. The van der Waals surface area contributed by atoms with Gasteiger partial charge >= 0.3 is 0 Å². The van der Waals surface area contributed by atoms with Crippen LogP contribution in [0.5, 0.6) is 0 Å². The molecular formula is C10H13IN4O2. The zero-order chi connectivity index (χ0) is 12.8. The molecule has 0 heterocycles. The van der Waals surface area contributed by atoms with E-state index in [0.29, 0.717) is 9.26 Å². The van der Waals surface area contributed by atoms with Crippen LogP contribution in [0.1, 0.15) is 13.8 Å². The van der Waals surface area contributed by atoms with Gasteiger partial charge < -0.3 is 0 Å². The number of hydrogen-bond acceptors (Lipinski definition) is 4. The maximum atomic E-state index is 10.6. The van der Waals surface area contributed by atoms with E-state index in [2.05, 4.69) is 10.3 Å². The van der Waals surface area contributed by atoms with Crippen LogP contribution < -0.4 is 0 Å². The molecule has 1 aromatic rings. The van der Waals surface area contributed by atoms with Crippen molar-refractivity contribution in [3.63, 3.8) is 0 Å². The number of halogens is 1. The Bertz CT molecular complexity index is 432. The van der Waals surface area contributed by atoms with Gasteiger partial charge in [0.1, 0.15) is 5.69 Å². The van der Waals surface area contributed by atoms with Gasteiger partial charge in [0.2, 0.25) is 0 Å². The molecule has 0 radical (unpaired) electrons. The summed E-state index contributed by atoms with van der Waals surface area (Å²) in [5.74, 6) is 0. The van der Waals surface area contributed by atoms with Crippen LogP contribution in [0.3, 0.4) is 0 Å². The predicted molar refractivity (Wildman–Crippen MR) is 73.3 cm³/mol. The van der Waals surface area contributed by atoms with E-state index in [1.54, 1.807) is 11.1 Å². The second-order valence-corrected chi connectivity index (χ2v) is 4.38. The van der Waals surface area contributed by atoms with Crippen molar-refractivity contribution in [1.82, 2.24) is 5.01 Å². The summed E-state index contributed by atoms with van der Waals surface area (Å²) in [6, 6.07) is 4.52. The van der Waals surface area contributed by atoms with E-state index in [9.17, 15) is 10.1 Å². The molecule has 1 aromatic carbocycles. The average molecular weight is 348 g/mol. The number of rotatable bonds is 5. The molecule has 0 atom stereocenters. The van der Waals surface area contributed by atoms with Crippen LogP contribution in [-0.4, -0.2) is 23.0 Å². The maximum Gasteiger partial charge on any atom is 0.270 e. The summed E-state index contributed by atoms with van der Waals surface area (Å²) in [5, 5.41) is 20.5. The Morgan fingerprint density at radius 1 is 1.41 bits per heavy atom. The highest BCUT2D eigenvalue weighted by atomic mass is 127. The molecule has 0 saturated heterocycles. The van der Waals surface area contributed by atoms with Crippen molar-refractivity contribution < 1.29 is 4.92 Å². The molecule has 17 heavy (non-hydrogen) atoms. The van der Waals surface area contributed by atoms with Crippen LogP contribution in [0.25, 0.3) is 0 Å². The third-order valence-electron chi connectivity index (χ3n) is 2.15. The molecule has 0 unspecified atom stereocenters. The van der Waals surface area contributed by atoms with Crippen molar-refractivity contribution >= 4 is 34.0 Å². The Hall–Kier alpha value is -1.25. The van der Waals surface area contributed by atoms with Crippen LogP contribution in [0.4, 0.5) is 11.4 Å². The van der Waals surface area contributed by atoms with Crippen molar-refractivity contribution in [1.29, 1.82) is 0 Å². The molecule has 0 saturated carbocycles. The summed E-state index contributed by atoms with van der Waals surface area (Å²) < 4.78 is 0.715. The van der Waals surface area contributed by atoms with Gasteiger partial charge in [-0.25, -0.2) is 0 Å². The molecule has 0 fully saturated rings. The van der Waals surface area contributed by atoms with Crippen molar-refractivity contribution in [3.8, 4) is 0 Å². The smallest absolute Gasteiger partial charge is 0.270 e. The molecule has 0 aromatic heterocycles. The second-order valence-electron chi connectivity index (χ2n) is 3.22. The quantitative estimate of drug-likeness (QED) is 0.354. The van der Waals surface area contributed by atoms with Gasteiger partial charge in [-0.05, 0) is 42.5 Å². The summed E-state index contributed by atoms with van der Waals surface area (Å²) in [6.07, 6.45) is 0. The molecule has 0 aliphatic rings. The second kappa shape index (κ2) is 6.48. The first-order valence-electron chi connectivity index (χ1n) is 5.19. The van der Waals surface area contributed by atoms with Gasteiger partial charge in [0.25, 0.3) is 5.69 Å². The molecule has 0 aliphatic carbocycles. The Balaban J connectivity index is 2.89. The van der Waals surface area contributed by atoms with E-state index in [1.165, 1.54) is 12.1 Å². The molecule has 0 amide bonds. The van der Waals surface area contributed by atoms with Gasteiger partial charge in [0.05, 0.1) is 4.92 Å². The monoisotopic (exact) mass is 348 g/mol. The molecule has 1 rings (SSSR count). The minimum atomic E-state index is -0.423. The van der Waals surface area contributed by atoms with E-state index in [1.807, 2.05) is 36.4 Å². The largest absolute Gasteiger partial charge is 0.279 e. The van der Waals surface area contributed by atoms with Gasteiger partial charge in [-0.2, -0.15) is 0 Å².